The summed E-state index contributed by atoms with van der Waals surface area (Å²) in [5.74, 6) is 0.686. The number of fused-ring (bicyclic) bond motifs is 7. The Hall–Kier alpha value is -2.95. The van der Waals surface area contributed by atoms with Gasteiger partial charge in [0.2, 0.25) is 5.43 Å². The number of benzene rings is 2. The van der Waals surface area contributed by atoms with Crippen LogP contribution in [0, 0.1) is 0 Å². The number of hydrogen-bond acceptors (Lipinski definition) is 6. The second-order valence-electron chi connectivity index (χ2n) is 8.85. The van der Waals surface area contributed by atoms with Crippen molar-refractivity contribution in [3.8, 4) is 11.5 Å². The SMILES string of the molecule is CC[C@H]1/C=C/COc2cccc3c2[C@@H](c2ccccc2SC3)N2CN1C(=O)c1c(O)c(=O)ccn12.S.S. The van der Waals surface area contributed by atoms with Crippen molar-refractivity contribution in [2.45, 2.75) is 36.1 Å². The Morgan fingerprint density at radius 3 is 2.70 bits per heavy atom. The maximum atomic E-state index is 13.7. The zero-order chi connectivity index (χ0) is 24.1. The highest BCUT2D eigenvalue weighted by molar-refractivity contribution is 7.98. The van der Waals surface area contributed by atoms with Crippen LogP contribution in [-0.2, 0) is 5.75 Å². The van der Waals surface area contributed by atoms with E-state index >= 15 is 0 Å². The summed E-state index contributed by atoms with van der Waals surface area (Å²) >= 11 is 1.77. The highest BCUT2D eigenvalue weighted by Gasteiger charge is 2.41. The van der Waals surface area contributed by atoms with Gasteiger partial charge in [-0.25, -0.2) is 0 Å². The van der Waals surface area contributed by atoms with Crippen molar-refractivity contribution in [1.29, 1.82) is 0 Å². The minimum atomic E-state index is -0.569. The molecular weight excluding hydrogens is 527 g/mol. The van der Waals surface area contributed by atoms with Crippen LogP contribution in [0.4, 0.5) is 0 Å². The van der Waals surface area contributed by atoms with E-state index in [9.17, 15) is 14.7 Å². The molecule has 0 saturated carbocycles. The quantitative estimate of drug-likeness (QED) is 0.453. The molecule has 37 heavy (non-hydrogen) atoms. The number of nitrogens with zero attached hydrogens (tertiary/aromatic N) is 3. The average molecular weight is 556 g/mol. The van der Waals surface area contributed by atoms with Crippen LogP contribution in [0.15, 0.2) is 76.6 Å². The van der Waals surface area contributed by atoms with Crippen molar-refractivity contribution in [2.75, 3.05) is 18.3 Å². The molecule has 2 aromatic carbocycles. The Balaban J connectivity index is 0.00000160. The molecule has 10 heteroatoms. The molecule has 194 valence electrons. The second-order valence-corrected chi connectivity index (χ2v) is 9.87. The molecule has 0 spiro atoms. The zero-order valence-electron chi connectivity index (χ0n) is 20.3. The Kier molecular flexibility index (Phi) is 7.91. The van der Waals surface area contributed by atoms with Crippen molar-refractivity contribution in [3.63, 3.8) is 0 Å². The van der Waals surface area contributed by atoms with Crippen LogP contribution in [0.3, 0.4) is 0 Å². The van der Waals surface area contributed by atoms with Gasteiger partial charge in [-0.05, 0) is 35.8 Å². The summed E-state index contributed by atoms with van der Waals surface area (Å²) < 4.78 is 7.96. The van der Waals surface area contributed by atoms with Crippen LogP contribution < -0.4 is 15.2 Å². The van der Waals surface area contributed by atoms with Gasteiger partial charge in [-0.2, -0.15) is 27.0 Å². The van der Waals surface area contributed by atoms with Crippen molar-refractivity contribution in [1.82, 2.24) is 9.58 Å². The number of pyridine rings is 1. The number of thioether (sulfide) groups is 1. The highest BCUT2D eigenvalue weighted by atomic mass is 32.2. The Morgan fingerprint density at radius 1 is 1.08 bits per heavy atom. The predicted molar refractivity (Wildman–Crippen MR) is 155 cm³/mol. The van der Waals surface area contributed by atoms with Gasteiger partial charge in [-0.1, -0.05) is 43.3 Å². The summed E-state index contributed by atoms with van der Waals surface area (Å²) in [5, 5.41) is 12.9. The molecule has 1 aromatic heterocycles. The molecule has 6 rings (SSSR count). The third-order valence-electron chi connectivity index (χ3n) is 6.93. The number of hydrogen-bond donors (Lipinski definition) is 1. The van der Waals surface area contributed by atoms with E-state index in [1.807, 2.05) is 43.3 Å². The molecule has 1 N–H and O–H groups in total. The summed E-state index contributed by atoms with van der Waals surface area (Å²) in [6, 6.07) is 15.2. The molecule has 0 unspecified atom stereocenters. The van der Waals surface area contributed by atoms with Gasteiger partial charge in [0.15, 0.2) is 11.4 Å². The average Bonchev–Trinajstić information content (AvgIpc) is 3.05. The van der Waals surface area contributed by atoms with Crippen molar-refractivity contribution >= 4 is 44.7 Å². The first-order valence-corrected chi connectivity index (χ1v) is 12.7. The Bertz CT molecular complexity index is 1420. The molecule has 4 heterocycles. The standard InChI is InChI=1S/C27H25N3O4S.2H2S/c1-2-18-8-6-14-34-21-10-5-7-17-15-35-22-11-4-3-9-19(22)24(23(17)21)30-16-28(18)27(33)25-26(32)20(31)12-13-29(25)30;;/h3-13,18,24,32H,2,14-16H2,1H3;2*1H2/b8-6+;;/t18-,24+;;/m0../s1. The van der Waals surface area contributed by atoms with Gasteiger partial charge < -0.3 is 14.7 Å². The van der Waals surface area contributed by atoms with E-state index in [0.29, 0.717) is 13.0 Å². The van der Waals surface area contributed by atoms with E-state index in [-0.39, 0.29) is 57.3 Å². The molecule has 1 amide bonds. The molecule has 3 aliphatic rings. The summed E-state index contributed by atoms with van der Waals surface area (Å²) in [5.41, 5.74) is 2.70. The van der Waals surface area contributed by atoms with E-state index in [1.165, 1.54) is 6.07 Å². The first-order valence-electron chi connectivity index (χ1n) is 11.7. The number of aromatic nitrogens is 1. The molecule has 0 saturated heterocycles. The van der Waals surface area contributed by atoms with Gasteiger partial charge in [0.1, 0.15) is 25.1 Å². The smallest absolute Gasteiger partial charge is 0.278 e. The Labute approximate surface area is 233 Å². The molecule has 0 radical (unpaired) electrons. The van der Waals surface area contributed by atoms with Crippen LogP contribution in [0.1, 0.15) is 46.6 Å². The first kappa shape index (κ1) is 27.1. The third-order valence-corrected chi connectivity index (χ3v) is 8.07. The van der Waals surface area contributed by atoms with Gasteiger partial charge in [0.25, 0.3) is 5.91 Å². The molecule has 3 aliphatic heterocycles. The van der Waals surface area contributed by atoms with Crippen molar-refractivity contribution < 1.29 is 14.6 Å². The maximum Gasteiger partial charge on any atom is 0.278 e. The molecule has 2 atom stereocenters. The third kappa shape index (κ3) is 4.41. The minimum Gasteiger partial charge on any atom is -0.502 e. The number of ether oxygens (including phenoxy) is 1. The molecular formula is C27H29N3O4S3. The zero-order valence-corrected chi connectivity index (χ0v) is 23.1. The van der Waals surface area contributed by atoms with Gasteiger partial charge >= 0.3 is 0 Å². The molecule has 7 nitrogen and oxygen atoms in total. The summed E-state index contributed by atoms with van der Waals surface area (Å²) in [6.45, 7) is 2.69. The van der Waals surface area contributed by atoms with Gasteiger partial charge in [-0.15, -0.1) is 11.8 Å². The van der Waals surface area contributed by atoms with E-state index in [1.54, 1.807) is 27.5 Å². The lowest BCUT2D eigenvalue weighted by atomic mass is 9.93. The van der Waals surface area contributed by atoms with Crippen LogP contribution in [-0.4, -0.2) is 39.9 Å². The topological polar surface area (TPSA) is 75.0 Å². The monoisotopic (exact) mass is 555 g/mol. The van der Waals surface area contributed by atoms with Gasteiger partial charge in [-0.3, -0.25) is 19.3 Å². The normalized spacial score (nSPS) is 20.4. The van der Waals surface area contributed by atoms with Gasteiger partial charge in [0.05, 0.1) is 6.04 Å². The Morgan fingerprint density at radius 2 is 1.89 bits per heavy atom. The fourth-order valence-electron chi connectivity index (χ4n) is 5.24. The molecule has 0 fully saturated rings. The van der Waals surface area contributed by atoms with Crippen LogP contribution in [0.2, 0.25) is 0 Å². The lowest BCUT2D eigenvalue weighted by Gasteiger charge is -2.46. The molecule has 3 aromatic rings. The molecule has 2 bridgehead atoms. The number of carbonyl (C=O) groups is 1. The number of rotatable bonds is 1. The molecule has 0 aliphatic carbocycles. The fraction of sp³-hybridized carbons (Fsp3) is 0.259. The fourth-order valence-corrected chi connectivity index (χ4v) is 6.32. The maximum absolute atomic E-state index is 13.7. The van der Waals surface area contributed by atoms with Crippen LogP contribution >= 0.6 is 38.8 Å². The van der Waals surface area contributed by atoms with Crippen LogP contribution in [0.25, 0.3) is 0 Å². The summed E-state index contributed by atoms with van der Waals surface area (Å²) in [6.07, 6.45) is 6.19. The van der Waals surface area contributed by atoms with E-state index in [2.05, 4.69) is 23.2 Å². The van der Waals surface area contributed by atoms with Crippen molar-refractivity contribution in [2.24, 2.45) is 0 Å². The largest absolute Gasteiger partial charge is 0.502 e. The van der Waals surface area contributed by atoms with Crippen LogP contribution in [0.5, 0.6) is 11.5 Å². The predicted octanol–water partition coefficient (Wildman–Crippen LogP) is 4.25. The van der Waals surface area contributed by atoms with E-state index < -0.39 is 11.2 Å². The number of aromatic hydroxyl groups is 1. The lowest BCUT2D eigenvalue weighted by Crippen LogP contribution is -2.57. The summed E-state index contributed by atoms with van der Waals surface area (Å²) in [4.78, 5) is 29.0. The van der Waals surface area contributed by atoms with Gasteiger partial charge in [0, 0.05) is 28.5 Å². The lowest BCUT2D eigenvalue weighted by molar-refractivity contribution is 0.0625. The van der Waals surface area contributed by atoms with E-state index in [4.69, 9.17) is 4.74 Å². The minimum absolute atomic E-state index is 0. The first-order chi connectivity index (χ1) is 17.1. The number of carbonyl (C=O) groups excluding carboxylic acids is 1. The second kappa shape index (κ2) is 10.8. The summed E-state index contributed by atoms with van der Waals surface area (Å²) in [7, 11) is 0. The number of amides is 1. The van der Waals surface area contributed by atoms with E-state index in [0.717, 1.165) is 33.1 Å². The van der Waals surface area contributed by atoms with Crippen molar-refractivity contribution in [3.05, 3.63) is 99.5 Å². The highest BCUT2D eigenvalue weighted by Crippen LogP contribution is 2.46.